The lowest BCUT2D eigenvalue weighted by molar-refractivity contribution is 0.228. The number of aryl methyl sites for hydroxylation is 4. The Bertz CT molecular complexity index is 2510. The topological polar surface area (TPSA) is 38.7 Å². The molecular formula is C47H44N6. The van der Waals surface area contributed by atoms with Crippen LogP contribution in [0.4, 0.5) is 22.9 Å². The molecule has 0 radical (unpaired) electrons. The van der Waals surface area contributed by atoms with Crippen molar-refractivity contribution < 1.29 is 0 Å². The second kappa shape index (κ2) is 11.3. The van der Waals surface area contributed by atoms with Crippen LogP contribution in [0.3, 0.4) is 0 Å². The zero-order chi connectivity index (χ0) is 36.3. The molecular weight excluding hydrogens is 649 g/mol. The quantitative estimate of drug-likeness (QED) is 0.183. The van der Waals surface area contributed by atoms with E-state index in [-0.39, 0.29) is 12.1 Å². The van der Waals surface area contributed by atoms with Gasteiger partial charge in [-0.25, -0.2) is 9.97 Å². The minimum absolute atomic E-state index is 0.0753. The zero-order valence-electron chi connectivity index (χ0n) is 31.5. The van der Waals surface area contributed by atoms with Crippen LogP contribution >= 0.6 is 0 Å². The second-order valence-corrected chi connectivity index (χ2v) is 15.6. The number of aromatic nitrogens is 2. The van der Waals surface area contributed by atoms with Crippen LogP contribution in [0, 0.1) is 27.7 Å². The van der Waals surface area contributed by atoms with Gasteiger partial charge in [-0.2, -0.15) is 0 Å². The van der Waals surface area contributed by atoms with Gasteiger partial charge in [-0.1, -0.05) is 90.5 Å². The molecule has 6 heteroatoms. The van der Waals surface area contributed by atoms with Crippen molar-refractivity contribution in [3.8, 4) is 22.5 Å². The number of fused-ring (bicyclic) bond motifs is 11. The van der Waals surface area contributed by atoms with Crippen molar-refractivity contribution in [2.75, 3.05) is 28.8 Å². The summed E-state index contributed by atoms with van der Waals surface area (Å²) in [4.78, 5) is 20.1. The fourth-order valence-electron chi connectivity index (χ4n) is 9.97. The van der Waals surface area contributed by atoms with E-state index in [9.17, 15) is 0 Å². The molecule has 0 fully saturated rings. The summed E-state index contributed by atoms with van der Waals surface area (Å²) in [6.07, 6.45) is 5.38. The molecule has 2 unspecified atom stereocenters. The Morgan fingerprint density at radius 1 is 0.698 bits per heavy atom. The van der Waals surface area contributed by atoms with Gasteiger partial charge in [0.1, 0.15) is 17.5 Å². The lowest BCUT2D eigenvalue weighted by Crippen LogP contribution is -2.50. The predicted molar refractivity (Wildman–Crippen MR) is 218 cm³/mol. The first-order valence-corrected chi connectivity index (χ1v) is 18.8. The van der Waals surface area contributed by atoms with Crippen molar-refractivity contribution in [1.82, 2.24) is 14.9 Å². The summed E-state index contributed by atoms with van der Waals surface area (Å²) in [6, 6.07) is 38.0. The minimum atomic E-state index is -0.436. The van der Waals surface area contributed by atoms with Crippen LogP contribution in [0.15, 0.2) is 116 Å². The van der Waals surface area contributed by atoms with Gasteiger partial charge < -0.3 is 19.6 Å². The molecule has 262 valence electrons. The fourth-order valence-corrected chi connectivity index (χ4v) is 9.97. The first-order valence-electron chi connectivity index (χ1n) is 18.8. The largest absolute Gasteiger partial charge is 0.352 e. The number of benzene rings is 5. The third kappa shape index (κ3) is 4.32. The molecule has 0 spiro atoms. The van der Waals surface area contributed by atoms with Gasteiger partial charge in [0.25, 0.3) is 0 Å². The second-order valence-electron chi connectivity index (χ2n) is 15.6. The van der Waals surface area contributed by atoms with Crippen molar-refractivity contribution in [2.45, 2.75) is 58.8 Å². The van der Waals surface area contributed by atoms with E-state index in [4.69, 9.17) is 9.97 Å². The Morgan fingerprint density at radius 2 is 1.42 bits per heavy atom. The number of hydrogen-bond donors (Lipinski definition) is 0. The Labute approximate surface area is 312 Å². The summed E-state index contributed by atoms with van der Waals surface area (Å²) < 4.78 is 0. The SMILES string of the molecule is Cc1ccc2c(c1)-c1cccc(C[C@@H]3c4ccccc4N4c5cnc(-c6ccccc6C)nc5N(C)C34)c1C1(C)N(C)C=C(c3c(C)cccc3C)N21. The van der Waals surface area contributed by atoms with Gasteiger partial charge in [0, 0.05) is 54.2 Å². The summed E-state index contributed by atoms with van der Waals surface area (Å²) in [6.45, 7) is 11.2. The number of para-hydroxylation sites is 1. The Hall–Kier alpha value is -5.88. The number of nitrogens with zero attached hydrogens (tertiary/aromatic N) is 6. The van der Waals surface area contributed by atoms with Gasteiger partial charge in [-0.15, -0.1) is 0 Å². The van der Waals surface area contributed by atoms with Crippen LogP contribution in [0.5, 0.6) is 0 Å². The Morgan fingerprint density at radius 3 is 2.23 bits per heavy atom. The first-order chi connectivity index (χ1) is 25.7. The highest BCUT2D eigenvalue weighted by molar-refractivity contribution is 5.97. The third-order valence-electron chi connectivity index (χ3n) is 12.5. The molecule has 5 aromatic carbocycles. The Kier molecular flexibility index (Phi) is 6.79. The van der Waals surface area contributed by atoms with Gasteiger partial charge in [0.15, 0.2) is 11.6 Å². The van der Waals surface area contributed by atoms with Gasteiger partial charge in [0.2, 0.25) is 0 Å². The smallest absolute Gasteiger partial charge is 0.161 e. The molecule has 53 heavy (non-hydrogen) atoms. The van der Waals surface area contributed by atoms with E-state index < -0.39 is 5.66 Å². The summed E-state index contributed by atoms with van der Waals surface area (Å²) in [7, 11) is 4.47. The standard InChI is InChI=1S/C47H44N6/c1-28-22-23-39-36(24-28)35-20-13-17-32(43(35)47(5)50(6)27-41(53(39)47)42-30(3)15-12-16-31(42)4)25-37-34-19-10-11-21-38(34)52-40-26-48-44(33-18-9-8-14-29(33)2)49-45(40)51(7)46(37)52/h8-24,26-27,37,46H,25H2,1-7H3/t37-,46?,47?/m1/s1. The van der Waals surface area contributed by atoms with Crippen LogP contribution in [-0.2, 0) is 12.1 Å². The molecule has 0 N–H and O–H groups in total. The molecule has 5 heterocycles. The predicted octanol–water partition coefficient (Wildman–Crippen LogP) is 10.2. The number of hydrogen-bond acceptors (Lipinski definition) is 6. The lowest BCUT2D eigenvalue weighted by atomic mass is 9.78. The van der Waals surface area contributed by atoms with Crippen LogP contribution in [0.2, 0.25) is 0 Å². The van der Waals surface area contributed by atoms with E-state index in [1.807, 2.05) is 6.20 Å². The fraction of sp³-hybridized carbons (Fsp3) is 0.234. The van der Waals surface area contributed by atoms with Crippen molar-refractivity contribution in [1.29, 1.82) is 0 Å². The molecule has 10 rings (SSSR count). The molecule has 6 nitrogen and oxygen atoms in total. The Balaban J connectivity index is 1.12. The highest BCUT2D eigenvalue weighted by atomic mass is 15.5. The molecule has 0 amide bonds. The van der Waals surface area contributed by atoms with Crippen molar-refractivity contribution in [3.63, 3.8) is 0 Å². The van der Waals surface area contributed by atoms with Crippen molar-refractivity contribution in [3.05, 3.63) is 160 Å². The summed E-state index contributed by atoms with van der Waals surface area (Å²) >= 11 is 0. The molecule has 4 aliphatic rings. The molecule has 0 bridgehead atoms. The first kappa shape index (κ1) is 31.8. The van der Waals surface area contributed by atoms with Gasteiger partial charge in [0.05, 0.1) is 17.6 Å². The van der Waals surface area contributed by atoms with Gasteiger partial charge in [-0.05, 0) is 92.6 Å². The number of anilines is 4. The average Bonchev–Trinajstić information content (AvgIpc) is 3.73. The monoisotopic (exact) mass is 692 g/mol. The summed E-state index contributed by atoms with van der Waals surface area (Å²) in [5.41, 5.74) is 18.6. The number of likely N-dealkylation sites (N-methyl/N-ethyl adjacent to an activating group) is 1. The van der Waals surface area contributed by atoms with E-state index in [1.54, 1.807) is 0 Å². The van der Waals surface area contributed by atoms with Crippen LogP contribution in [-0.4, -0.2) is 35.1 Å². The average molecular weight is 693 g/mol. The minimum Gasteiger partial charge on any atom is -0.352 e. The highest BCUT2D eigenvalue weighted by Crippen LogP contribution is 2.59. The molecule has 0 saturated carbocycles. The van der Waals surface area contributed by atoms with Crippen molar-refractivity contribution >= 4 is 28.6 Å². The normalized spacial score (nSPS) is 20.5. The molecule has 0 aliphatic carbocycles. The maximum absolute atomic E-state index is 5.23. The van der Waals surface area contributed by atoms with E-state index in [2.05, 4.69) is 178 Å². The maximum atomic E-state index is 5.23. The molecule has 6 aromatic rings. The lowest BCUT2D eigenvalue weighted by Gasteiger charge is -2.49. The molecule has 1 aromatic heterocycles. The summed E-state index contributed by atoms with van der Waals surface area (Å²) in [5.74, 6) is 1.96. The van der Waals surface area contributed by atoms with E-state index in [1.165, 1.54) is 72.7 Å². The summed E-state index contributed by atoms with van der Waals surface area (Å²) in [5, 5.41) is 0. The molecule has 4 aliphatic heterocycles. The van der Waals surface area contributed by atoms with Gasteiger partial charge in [-0.3, -0.25) is 0 Å². The van der Waals surface area contributed by atoms with Crippen molar-refractivity contribution in [2.24, 2.45) is 0 Å². The van der Waals surface area contributed by atoms with E-state index >= 15 is 0 Å². The van der Waals surface area contributed by atoms with Crippen LogP contribution < -0.4 is 14.7 Å². The molecule has 3 atom stereocenters. The van der Waals surface area contributed by atoms with Crippen LogP contribution in [0.1, 0.15) is 57.3 Å². The van der Waals surface area contributed by atoms with E-state index in [0.29, 0.717) is 0 Å². The van der Waals surface area contributed by atoms with Gasteiger partial charge >= 0.3 is 0 Å². The number of rotatable bonds is 4. The zero-order valence-corrected chi connectivity index (χ0v) is 31.5. The van der Waals surface area contributed by atoms with E-state index in [0.717, 1.165) is 29.3 Å². The third-order valence-corrected chi connectivity index (χ3v) is 12.5. The van der Waals surface area contributed by atoms with Crippen LogP contribution in [0.25, 0.3) is 28.2 Å². The molecule has 0 saturated heterocycles. The maximum Gasteiger partial charge on any atom is 0.161 e. The highest BCUT2D eigenvalue weighted by Gasteiger charge is 2.52.